The van der Waals surface area contributed by atoms with Gasteiger partial charge in [-0.2, -0.15) is 0 Å². The minimum absolute atomic E-state index is 0.189. The van der Waals surface area contributed by atoms with Crippen LogP contribution in [0.3, 0.4) is 0 Å². The zero-order valence-electron chi connectivity index (χ0n) is 12.0. The van der Waals surface area contributed by atoms with Crippen molar-refractivity contribution in [3.63, 3.8) is 0 Å². The van der Waals surface area contributed by atoms with Crippen molar-refractivity contribution in [1.82, 2.24) is 9.55 Å². The summed E-state index contributed by atoms with van der Waals surface area (Å²) in [6.45, 7) is 3.64. The van der Waals surface area contributed by atoms with E-state index < -0.39 is 11.6 Å². The Bertz CT molecular complexity index is 601. The summed E-state index contributed by atoms with van der Waals surface area (Å²) in [4.78, 5) is 4.34. The highest BCUT2D eigenvalue weighted by molar-refractivity contribution is 6.17. The molecule has 0 unspecified atom stereocenters. The fourth-order valence-electron chi connectivity index (χ4n) is 2.23. The van der Waals surface area contributed by atoms with E-state index in [1.165, 1.54) is 6.07 Å². The lowest BCUT2D eigenvalue weighted by Gasteiger charge is -2.09. The van der Waals surface area contributed by atoms with Crippen LogP contribution < -0.4 is 0 Å². The molecule has 0 bridgehead atoms. The molecule has 0 atom stereocenters. The SMILES string of the molecule is CCCCOCCn1c(CCCl)nc2ccc(F)c(F)c21. The summed E-state index contributed by atoms with van der Waals surface area (Å²) in [5.41, 5.74) is 0.636. The van der Waals surface area contributed by atoms with Gasteiger partial charge in [0.1, 0.15) is 11.3 Å². The van der Waals surface area contributed by atoms with Gasteiger partial charge in [-0.1, -0.05) is 13.3 Å². The largest absolute Gasteiger partial charge is 0.380 e. The Labute approximate surface area is 127 Å². The molecule has 0 spiro atoms. The minimum atomic E-state index is -0.868. The van der Waals surface area contributed by atoms with Crippen molar-refractivity contribution in [1.29, 1.82) is 0 Å². The van der Waals surface area contributed by atoms with Gasteiger partial charge in [-0.15, -0.1) is 11.6 Å². The quantitative estimate of drug-likeness (QED) is 0.545. The lowest BCUT2D eigenvalue weighted by atomic mass is 10.3. The molecule has 6 heteroatoms. The molecule has 0 radical (unpaired) electrons. The highest BCUT2D eigenvalue weighted by atomic mass is 35.5. The summed E-state index contributed by atoms with van der Waals surface area (Å²) in [5, 5.41) is 0. The van der Waals surface area contributed by atoms with E-state index in [0.29, 0.717) is 43.4 Å². The third-order valence-electron chi connectivity index (χ3n) is 3.30. The average molecular weight is 317 g/mol. The number of hydrogen-bond donors (Lipinski definition) is 0. The van der Waals surface area contributed by atoms with Crippen LogP contribution in [0.5, 0.6) is 0 Å². The number of benzene rings is 1. The summed E-state index contributed by atoms with van der Waals surface area (Å²) in [7, 11) is 0. The number of nitrogens with zero attached hydrogens (tertiary/aromatic N) is 2. The van der Waals surface area contributed by atoms with Crippen LogP contribution in [0.25, 0.3) is 11.0 Å². The van der Waals surface area contributed by atoms with E-state index in [9.17, 15) is 8.78 Å². The molecule has 0 aliphatic rings. The molecule has 116 valence electrons. The average Bonchev–Trinajstić information content (AvgIpc) is 2.82. The molecule has 21 heavy (non-hydrogen) atoms. The normalized spacial score (nSPS) is 11.4. The Balaban J connectivity index is 2.25. The molecule has 2 aromatic rings. The van der Waals surface area contributed by atoms with Gasteiger partial charge in [0.05, 0.1) is 12.1 Å². The van der Waals surface area contributed by atoms with E-state index in [4.69, 9.17) is 16.3 Å². The van der Waals surface area contributed by atoms with Crippen LogP contribution in [-0.4, -0.2) is 28.6 Å². The first-order chi connectivity index (χ1) is 10.2. The molecular formula is C15H19ClF2N2O. The van der Waals surface area contributed by atoms with Crippen molar-refractivity contribution in [2.45, 2.75) is 32.7 Å². The molecule has 2 rings (SSSR count). The van der Waals surface area contributed by atoms with Gasteiger partial charge in [-0.3, -0.25) is 0 Å². The topological polar surface area (TPSA) is 27.1 Å². The van der Waals surface area contributed by atoms with E-state index in [2.05, 4.69) is 11.9 Å². The van der Waals surface area contributed by atoms with Gasteiger partial charge in [-0.05, 0) is 18.6 Å². The molecule has 0 aliphatic heterocycles. The van der Waals surface area contributed by atoms with Gasteiger partial charge in [0, 0.05) is 25.5 Å². The Hall–Kier alpha value is -1.20. The van der Waals surface area contributed by atoms with Crippen molar-refractivity contribution in [3.05, 3.63) is 29.6 Å². The van der Waals surface area contributed by atoms with Gasteiger partial charge in [0.2, 0.25) is 0 Å². The van der Waals surface area contributed by atoms with E-state index in [1.807, 2.05) is 0 Å². The highest BCUT2D eigenvalue weighted by Crippen LogP contribution is 2.22. The number of ether oxygens (including phenoxy) is 1. The number of unbranched alkanes of at least 4 members (excludes halogenated alkanes) is 1. The number of fused-ring (bicyclic) bond motifs is 1. The molecule has 0 amide bonds. The van der Waals surface area contributed by atoms with Gasteiger partial charge in [-0.25, -0.2) is 13.8 Å². The van der Waals surface area contributed by atoms with E-state index in [-0.39, 0.29) is 5.52 Å². The van der Waals surface area contributed by atoms with Crippen LogP contribution in [0.4, 0.5) is 8.78 Å². The fourth-order valence-corrected chi connectivity index (χ4v) is 2.39. The third-order valence-corrected chi connectivity index (χ3v) is 3.49. The number of alkyl halides is 1. The number of aromatic nitrogens is 2. The van der Waals surface area contributed by atoms with Crippen LogP contribution >= 0.6 is 11.6 Å². The fraction of sp³-hybridized carbons (Fsp3) is 0.533. The lowest BCUT2D eigenvalue weighted by Crippen LogP contribution is -2.11. The van der Waals surface area contributed by atoms with Crippen LogP contribution in [0.1, 0.15) is 25.6 Å². The monoisotopic (exact) mass is 316 g/mol. The summed E-state index contributed by atoms with van der Waals surface area (Å²) < 4.78 is 34.6. The molecule has 0 saturated heterocycles. The Morgan fingerprint density at radius 2 is 2.10 bits per heavy atom. The van der Waals surface area contributed by atoms with Gasteiger partial charge >= 0.3 is 0 Å². The number of imidazole rings is 1. The van der Waals surface area contributed by atoms with Crippen LogP contribution in [0.15, 0.2) is 12.1 Å². The molecule has 0 N–H and O–H groups in total. The first-order valence-electron chi connectivity index (χ1n) is 7.15. The number of halogens is 3. The van der Waals surface area contributed by atoms with Crippen molar-refractivity contribution >= 4 is 22.6 Å². The Morgan fingerprint density at radius 1 is 1.29 bits per heavy atom. The molecule has 3 nitrogen and oxygen atoms in total. The predicted octanol–water partition coefficient (Wildman–Crippen LogP) is 3.91. The van der Waals surface area contributed by atoms with Gasteiger partial charge < -0.3 is 9.30 Å². The molecule has 1 aromatic carbocycles. The second-order valence-electron chi connectivity index (χ2n) is 4.81. The van der Waals surface area contributed by atoms with Crippen molar-refractivity contribution in [2.24, 2.45) is 0 Å². The van der Waals surface area contributed by atoms with E-state index in [1.54, 1.807) is 4.57 Å². The van der Waals surface area contributed by atoms with E-state index in [0.717, 1.165) is 18.9 Å². The summed E-state index contributed by atoms with van der Waals surface area (Å²) in [6, 6.07) is 2.58. The van der Waals surface area contributed by atoms with Crippen LogP contribution in [-0.2, 0) is 17.7 Å². The number of aryl methyl sites for hydroxylation is 1. The molecule has 0 saturated carbocycles. The first-order valence-corrected chi connectivity index (χ1v) is 7.69. The first kappa shape index (κ1) is 16.2. The molecule has 1 aromatic heterocycles. The molecule has 1 heterocycles. The predicted molar refractivity (Wildman–Crippen MR) is 79.8 cm³/mol. The van der Waals surface area contributed by atoms with Crippen LogP contribution in [0.2, 0.25) is 0 Å². The van der Waals surface area contributed by atoms with Gasteiger partial charge in [0.15, 0.2) is 11.6 Å². The zero-order valence-corrected chi connectivity index (χ0v) is 12.8. The standard InChI is InChI=1S/C15H19ClF2N2O/c1-2-3-9-21-10-8-20-13(6-7-16)19-12-5-4-11(17)14(18)15(12)20/h4-5H,2-3,6-10H2,1H3. The van der Waals surface area contributed by atoms with E-state index >= 15 is 0 Å². The summed E-state index contributed by atoms with van der Waals surface area (Å²) in [6.07, 6.45) is 2.56. The highest BCUT2D eigenvalue weighted by Gasteiger charge is 2.16. The van der Waals surface area contributed by atoms with Crippen molar-refractivity contribution in [3.8, 4) is 0 Å². The Kier molecular flexibility index (Phi) is 5.94. The number of rotatable bonds is 8. The molecular weight excluding hydrogens is 298 g/mol. The maximum atomic E-state index is 14.0. The molecule has 0 fully saturated rings. The Morgan fingerprint density at radius 3 is 2.81 bits per heavy atom. The smallest absolute Gasteiger partial charge is 0.184 e. The van der Waals surface area contributed by atoms with Crippen molar-refractivity contribution < 1.29 is 13.5 Å². The second kappa shape index (κ2) is 7.71. The maximum absolute atomic E-state index is 14.0. The molecule has 0 aliphatic carbocycles. The maximum Gasteiger partial charge on any atom is 0.184 e. The van der Waals surface area contributed by atoms with Crippen molar-refractivity contribution in [2.75, 3.05) is 19.1 Å². The number of hydrogen-bond acceptors (Lipinski definition) is 2. The van der Waals surface area contributed by atoms with Gasteiger partial charge in [0.25, 0.3) is 0 Å². The summed E-state index contributed by atoms with van der Waals surface area (Å²) >= 11 is 5.76. The minimum Gasteiger partial charge on any atom is -0.380 e. The third kappa shape index (κ3) is 3.71. The summed E-state index contributed by atoms with van der Waals surface area (Å²) in [5.74, 6) is -0.699. The second-order valence-corrected chi connectivity index (χ2v) is 5.19. The lowest BCUT2D eigenvalue weighted by molar-refractivity contribution is 0.123. The zero-order chi connectivity index (χ0) is 15.2. The van der Waals surface area contributed by atoms with Crippen LogP contribution in [0, 0.1) is 11.6 Å².